The second kappa shape index (κ2) is 14.3. The highest BCUT2D eigenvalue weighted by atomic mass is 16.5. The Balaban J connectivity index is 0.910. The van der Waals surface area contributed by atoms with E-state index in [-0.39, 0.29) is 0 Å². The first kappa shape index (κ1) is 36.4. The van der Waals surface area contributed by atoms with Crippen LogP contribution in [0.1, 0.15) is 60.3 Å². The lowest BCUT2D eigenvalue weighted by Crippen LogP contribution is -2.47. The van der Waals surface area contributed by atoms with Gasteiger partial charge in [-0.1, -0.05) is 97.1 Å². The van der Waals surface area contributed by atoms with Crippen LogP contribution in [-0.2, 0) is 7.05 Å². The van der Waals surface area contributed by atoms with Crippen LogP contribution >= 0.6 is 0 Å². The van der Waals surface area contributed by atoms with Crippen LogP contribution in [0.25, 0.3) is 55.5 Å². The van der Waals surface area contributed by atoms with E-state index in [1.54, 1.807) is 0 Å². The Hall–Kier alpha value is -6.46. The van der Waals surface area contributed by atoms with Crippen LogP contribution < -0.4 is 9.30 Å². The summed E-state index contributed by atoms with van der Waals surface area (Å²) in [5, 5.41) is 2.40. The number of nitrogens with zero attached hydrogens (tertiary/aromatic N) is 4. The molecular weight excluding hydrogens is 745 g/mol. The smallest absolute Gasteiger partial charge is 0.244 e. The zero-order valence-corrected chi connectivity index (χ0v) is 35.1. The van der Waals surface area contributed by atoms with Crippen LogP contribution in [0.2, 0.25) is 0 Å². The van der Waals surface area contributed by atoms with Gasteiger partial charge in [0.2, 0.25) is 6.33 Å². The Morgan fingerprint density at radius 1 is 0.623 bits per heavy atom. The average molecular weight is 795 g/mol. The van der Waals surface area contributed by atoms with Crippen LogP contribution in [-0.4, -0.2) is 14.1 Å². The number of pyridine rings is 1. The lowest BCUT2D eigenvalue weighted by Gasteiger charge is -2.56. The van der Waals surface area contributed by atoms with Crippen LogP contribution in [0.15, 0.2) is 152 Å². The van der Waals surface area contributed by atoms with Gasteiger partial charge in [-0.2, -0.15) is 0 Å². The summed E-state index contributed by atoms with van der Waals surface area (Å²) < 4.78 is 13.3. The molecule has 4 aliphatic carbocycles. The monoisotopic (exact) mass is 794 g/mol. The zero-order chi connectivity index (χ0) is 40.8. The molecule has 1 unspecified atom stereocenters. The number of ether oxygens (including phenoxy) is 1. The van der Waals surface area contributed by atoms with Gasteiger partial charge in [0.25, 0.3) is 0 Å². The first-order chi connectivity index (χ1) is 29.9. The van der Waals surface area contributed by atoms with E-state index in [2.05, 4.69) is 187 Å². The first-order valence-electron chi connectivity index (χ1n) is 22.3. The maximum Gasteiger partial charge on any atom is 0.244 e. The fourth-order valence-electron chi connectivity index (χ4n) is 12.5. The largest absolute Gasteiger partial charge is 0.458 e. The fourth-order valence-corrected chi connectivity index (χ4v) is 12.5. The van der Waals surface area contributed by atoms with Gasteiger partial charge in [0, 0.05) is 29.0 Å². The zero-order valence-electron chi connectivity index (χ0n) is 35.1. The van der Waals surface area contributed by atoms with Gasteiger partial charge in [-0.15, -0.1) is 0 Å². The van der Waals surface area contributed by atoms with Gasteiger partial charge in [-0.25, -0.2) is 4.98 Å². The average Bonchev–Trinajstić information content (AvgIpc) is 3.78. The van der Waals surface area contributed by atoms with Crippen molar-refractivity contribution in [1.82, 2.24) is 14.1 Å². The van der Waals surface area contributed by atoms with E-state index in [0.717, 1.165) is 68.7 Å². The van der Waals surface area contributed by atoms with Crippen molar-refractivity contribution in [3.63, 3.8) is 0 Å². The van der Waals surface area contributed by atoms with Crippen LogP contribution in [0, 0.1) is 49.8 Å². The van der Waals surface area contributed by atoms with E-state index in [9.17, 15) is 0 Å². The molecule has 61 heavy (non-hydrogen) atoms. The standard InChI is InChI=1S/C56H50N4O/c1-35-11-9-12-36(2)54(35)40-19-22-50-52(30-40)58(3)34-59(50)44-15-10-16-45(32-44)61-46-20-21-48-47-17-7-8-18-49(47)60(51(48)33-46)53-31-41(23-24-57-53)55(39-13-5-4-6-14-39)56-42-26-37-25-38(28-42)29-43(56)27-37/h4-24,30-33,37-38,42-43,55-56H,25-29H2,1-3H3. The van der Waals surface area contributed by atoms with Crippen molar-refractivity contribution in [2.75, 3.05) is 0 Å². The van der Waals surface area contributed by atoms with Gasteiger partial charge in [0.05, 0.1) is 34.8 Å². The number of fused-ring (bicyclic) bond motifs is 4. The van der Waals surface area contributed by atoms with Crippen molar-refractivity contribution < 1.29 is 9.30 Å². The third kappa shape index (κ3) is 6.11. The summed E-state index contributed by atoms with van der Waals surface area (Å²) >= 11 is 0. The highest BCUT2D eigenvalue weighted by Gasteiger charge is 2.51. The highest BCUT2D eigenvalue weighted by molar-refractivity contribution is 6.09. The molecule has 4 bridgehead atoms. The summed E-state index contributed by atoms with van der Waals surface area (Å²) in [4.78, 5) is 5.13. The summed E-state index contributed by atoms with van der Waals surface area (Å²) in [5.41, 5.74) is 13.3. The first-order valence-corrected chi connectivity index (χ1v) is 22.3. The topological polar surface area (TPSA) is 35.9 Å². The minimum atomic E-state index is 0.355. The van der Waals surface area contributed by atoms with Crippen molar-refractivity contribution in [2.24, 2.45) is 36.6 Å². The Morgan fingerprint density at radius 2 is 1.34 bits per heavy atom. The number of aryl methyl sites for hydroxylation is 3. The minimum absolute atomic E-state index is 0.355. The molecule has 0 radical (unpaired) electrons. The summed E-state index contributed by atoms with van der Waals surface area (Å²) in [6, 6.07) is 52.8. The number of para-hydroxylation sites is 1. The predicted molar refractivity (Wildman–Crippen MR) is 246 cm³/mol. The molecule has 4 aliphatic rings. The summed E-state index contributed by atoms with van der Waals surface area (Å²) in [6.07, 6.45) is 12.7. The van der Waals surface area contributed by atoms with E-state index in [1.807, 2.05) is 6.07 Å². The second-order valence-corrected chi connectivity index (χ2v) is 18.4. The summed E-state index contributed by atoms with van der Waals surface area (Å²) in [7, 11) is 2.07. The molecule has 13 rings (SSSR count). The highest BCUT2D eigenvalue weighted by Crippen LogP contribution is 2.61. The number of hydrogen-bond acceptors (Lipinski definition) is 2. The van der Waals surface area contributed by atoms with Crippen molar-refractivity contribution >= 4 is 32.8 Å². The molecule has 3 heterocycles. The summed E-state index contributed by atoms with van der Waals surface area (Å²) in [5.74, 6) is 7.03. The maximum absolute atomic E-state index is 6.74. The van der Waals surface area contributed by atoms with Crippen LogP contribution in [0.5, 0.6) is 11.5 Å². The number of aromatic nitrogens is 4. The molecule has 0 spiro atoms. The lowest BCUT2D eigenvalue weighted by molar-refractivity contribution is -0.649. The Labute approximate surface area is 357 Å². The molecule has 4 fully saturated rings. The van der Waals surface area contributed by atoms with Crippen molar-refractivity contribution in [1.29, 1.82) is 0 Å². The van der Waals surface area contributed by atoms with Crippen molar-refractivity contribution in [3.05, 3.63) is 180 Å². The number of benzene rings is 6. The summed E-state index contributed by atoms with van der Waals surface area (Å²) in [6.45, 7) is 4.37. The van der Waals surface area contributed by atoms with Gasteiger partial charge in [0.1, 0.15) is 17.3 Å². The van der Waals surface area contributed by atoms with E-state index in [0.29, 0.717) is 11.8 Å². The molecule has 3 aromatic heterocycles. The number of rotatable bonds is 8. The Morgan fingerprint density at radius 3 is 2.15 bits per heavy atom. The van der Waals surface area contributed by atoms with E-state index >= 15 is 0 Å². The molecule has 9 aromatic rings. The van der Waals surface area contributed by atoms with Gasteiger partial charge < -0.3 is 13.9 Å². The van der Waals surface area contributed by atoms with Gasteiger partial charge in [0.15, 0.2) is 0 Å². The lowest BCUT2D eigenvalue weighted by atomic mass is 9.48. The second-order valence-electron chi connectivity index (χ2n) is 18.4. The van der Waals surface area contributed by atoms with Gasteiger partial charge in [-0.3, -0.25) is 4.57 Å². The predicted octanol–water partition coefficient (Wildman–Crippen LogP) is 13.0. The van der Waals surface area contributed by atoms with Gasteiger partial charge >= 0.3 is 0 Å². The number of hydrogen-bond donors (Lipinski definition) is 0. The molecular formula is C56H50N4O. The van der Waals surface area contributed by atoms with Crippen LogP contribution in [0.4, 0.5) is 0 Å². The Kier molecular flexibility index (Phi) is 8.55. The normalized spacial score (nSPS) is 21.1. The molecule has 4 saturated carbocycles. The molecule has 0 N–H and O–H groups in total. The van der Waals surface area contributed by atoms with E-state index in [4.69, 9.17) is 9.72 Å². The molecule has 0 amide bonds. The third-order valence-corrected chi connectivity index (χ3v) is 14.8. The molecule has 6 aromatic carbocycles. The molecule has 5 heteroatoms. The number of imidazole rings is 1. The van der Waals surface area contributed by atoms with E-state index < -0.39 is 0 Å². The maximum atomic E-state index is 6.74. The van der Waals surface area contributed by atoms with Crippen LogP contribution in [0.3, 0.4) is 0 Å². The van der Waals surface area contributed by atoms with Gasteiger partial charge in [-0.05, 0) is 151 Å². The third-order valence-electron chi connectivity index (χ3n) is 14.8. The molecule has 5 nitrogen and oxygen atoms in total. The minimum Gasteiger partial charge on any atom is -0.458 e. The fraction of sp³-hybridized carbons (Fsp3) is 0.250. The Bertz CT molecular complexity index is 3090. The van der Waals surface area contributed by atoms with Crippen molar-refractivity contribution in [2.45, 2.75) is 51.9 Å². The molecule has 0 saturated heterocycles. The molecule has 300 valence electrons. The molecule has 1 atom stereocenters. The molecule has 0 aliphatic heterocycles. The quantitative estimate of drug-likeness (QED) is 0.113. The van der Waals surface area contributed by atoms with Crippen molar-refractivity contribution in [3.8, 4) is 34.1 Å². The van der Waals surface area contributed by atoms with E-state index in [1.165, 1.54) is 76.3 Å². The SMILES string of the molecule is Cc1cccc(C)c1-c1ccc2c(c1)[n+](C)[c-]n2-c1cccc(Oc2ccc3c4ccccc4n(-c4cc(C(c5ccccc5)C5C6CC7CC(C6)CC5C7)ccn4)c3c2)c1.